The average molecular weight is 286 g/mol. The van der Waals surface area contributed by atoms with Crippen molar-refractivity contribution in [2.75, 3.05) is 14.2 Å². The van der Waals surface area contributed by atoms with E-state index in [1.807, 2.05) is 30.4 Å². The largest absolute Gasteiger partial charge is 0.497 e. The molecule has 0 aliphatic heterocycles. The lowest BCUT2D eigenvalue weighted by molar-refractivity contribution is -0.116. The summed E-state index contributed by atoms with van der Waals surface area (Å²) in [5.74, 6) is 1.71. The fraction of sp³-hybridized carbons (Fsp3) is 0.389. The SMILES string of the molecule is COc1cc(/C=C/C2=CC(=O)CC(C)(C)C2)cc(OC)c1. The van der Waals surface area contributed by atoms with Gasteiger partial charge in [0, 0.05) is 12.5 Å². The second kappa shape index (κ2) is 6.17. The Labute approximate surface area is 126 Å². The van der Waals surface area contributed by atoms with Crippen LogP contribution in [0.2, 0.25) is 0 Å². The van der Waals surface area contributed by atoms with Crippen LogP contribution in [-0.2, 0) is 4.79 Å². The van der Waals surface area contributed by atoms with Crippen LogP contribution in [0.1, 0.15) is 32.3 Å². The molecule has 0 atom stereocenters. The first-order valence-electron chi connectivity index (χ1n) is 7.06. The highest BCUT2D eigenvalue weighted by Crippen LogP contribution is 2.34. The summed E-state index contributed by atoms with van der Waals surface area (Å²) in [7, 11) is 3.26. The van der Waals surface area contributed by atoms with Gasteiger partial charge in [-0.3, -0.25) is 4.79 Å². The Kier molecular flexibility index (Phi) is 4.51. The van der Waals surface area contributed by atoms with E-state index in [9.17, 15) is 4.79 Å². The van der Waals surface area contributed by atoms with Crippen LogP contribution in [0.3, 0.4) is 0 Å². The number of carbonyl (C=O) groups is 1. The molecule has 2 rings (SSSR count). The monoisotopic (exact) mass is 286 g/mol. The molecule has 0 spiro atoms. The van der Waals surface area contributed by atoms with Crippen LogP contribution in [0.5, 0.6) is 11.5 Å². The van der Waals surface area contributed by atoms with Gasteiger partial charge in [0.1, 0.15) is 11.5 Å². The lowest BCUT2D eigenvalue weighted by Crippen LogP contribution is -2.21. The van der Waals surface area contributed by atoms with Crippen molar-refractivity contribution in [1.29, 1.82) is 0 Å². The number of hydrogen-bond acceptors (Lipinski definition) is 3. The molecule has 1 aromatic rings. The molecule has 0 bridgehead atoms. The minimum absolute atomic E-state index is 0.0393. The van der Waals surface area contributed by atoms with E-state index in [-0.39, 0.29) is 11.2 Å². The van der Waals surface area contributed by atoms with Gasteiger partial charge in [0.05, 0.1) is 14.2 Å². The lowest BCUT2D eigenvalue weighted by atomic mass is 9.77. The first-order chi connectivity index (χ1) is 9.91. The Morgan fingerprint density at radius 1 is 1.00 bits per heavy atom. The quantitative estimate of drug-likeness (QED) is 0.838. The summed E-state index contributed by atoms with van der Waals surface area (Å²) >= 11 is 0. The normalized spacial score (nSPS) is 17.7. The summed E-state index contributed by atoms with van der Waals surface area (Å²) in [5.41, 5.74) is 2.10. The fourth-order valence-corrected chi connectivity index (χ4v) is 2.63. The van der Waals surface area contributed by atoms with Crippen LogP contribution < -0.4 is 9.47 Å². The van der Waals surface area contributed by atoms with E-state index in [4.69, 9.17) is 9.47 Å². The molecule has 1 aromatic carbocycles. The number of carbonyl (C=O) groups excluding carboxylic acids is 1. The molecule has 3 nitrogen and oxygen atoms in total. The molecule has 21 heavy (non-hydrogen) atoms. The zero-order valence-electron chi connectivity index (χ0n) is 13.1. The molecule has 3 heteroatoms. The molecular weight excluding hydrogens is 264 g/mol. The van der Waals surface area contributed by atoms with Gasteiger partial charge in [-0.1, -0.05) is 26.0 Å². The van der Waals surface area contributed by atoms with Gasteiger partial charge in [0.25, 0.3) is 0 Å². The van der Waals surface area contributed by atoms with Crippen molar-refractivity contribution in [2.24, 2.45) is 5.41 Å². The number of hydrogen-bond donors (Lipinski definition) is 0. The Morgan fingerprint density at radius 3 is 2.14 bits per heavy atom. The predicted octanol–water partition coefficient (Wildman–Crippen LogP) is 4.03. The maximum Gasteiger partial charge on any atom is 0.156 e. The predicted molar refractivity (Wildman–Crippen MR) is 84.7 cm³/mol. The number of allylic oxidation sites excluding steroid dienone is 3. The lowest BCUT2D eigenvalue weighted by Gasteiger charge is -2.27. The van der Waals surface area contributed by atoms with Gasteiger partial charge in [-0.05, 0) is 41.2 Å². The number of methoxy groups -OCH3 is 2. The van der Waals surface area contributed by atoms with Gasteiger partial charge in [-0.15, -0.1) is 0 Å². The second-order valence-corrected chi connectivity index (χ2v) is 6.18. The maximum absolute atomic E-state index is 11.8. The second-order valence-electron chi connectivity index (χ2n) is 6.18. The first-order valence-corrected chi connectivity index (χ1v) is 7.06. The number of ether oxygens (including phenoxy) is 2. The number of ketones is 1. The third kappa shape index (κ3) is 4.22. The van der Waals surface area contributed by atoms with Crippen LogP contribution in [-0.4, -0.2) is 20.0 Å². The Balaban J connectivity index is 2.23. The fourth-order valence-electron chi connectivity index (χ4n) is 2.63. The van der Waals surface area contributed by atoms with Gasteiger partial charge in [-0.2, -0.15) is 0 Å². The van der Waals surface area contributed by atoms with Gasteiger partial charge in [0.2, 0.25) is 0 Å². The molecule has 0 heterocycles. The highest BCUT2D eigenvalue weighted by atomic mass is 16.5. The molecule has 0 saturated heterocycles. The molecular formula is C18H22O3. The van der Waals surface area contributed by atoms with E-state index >= 15 is 0 Å². The summed E-state index contributed by atoms with van der Waals surface area (Å²) in [5, 5.41) is 0. The minimum atomic E-state index is 0.0393. The molecule has 0 unspecified atom stereocenters. The van der Waals surface area contributed by atoms with Crippen molar-refractivity contribution in [3.63, 3.8) is 0 Å². The highest BCUT2D eigenvalue weighted by molar-refractivity contribution is 5.92. The molecule has 1 aliphatic carbocycles. The Morgan fingerprint density at radius 2 is 1.62 bits per heavy atom. The first kappa shape index (κ1) is 15.4. The topological polar surface area (TPSA) is 35.5 Å². The van der Waals surface area contributed by atoms with Gasteiger partial charge < -0.3 is 9.47 Å². The van der Waals surface area contributed by atoms with E-state index < -0.39 is 0 Å². The van der Waals surface area contributed by atoms with Crippen LogP contribution >= 0.6 is 0 Å². The van der Waals surface area contributed by atoms with Crippen molar-refractivity contribution in [2.45, 2.75) is 26.7 Å². The molecule has 0 N–H and O–H groups in total. The number of rotatable bonds is 4. The van der Waals surface area contributed by atoms with Crippen molar-refractivity contribution in [3.8, 4) is 11.5 Å². The molecule has 1 aliphatic rings. The minimum Gasteiger partial charge on any atom is -0.497 e. The highest BCUT2D eigenvalue weighted by Gasteiger charge is 2.26. The van der Waals surface area contributed by atoms with Crippen molar-refractivity contribution < 1.29 is 14.3 Å². The van der Waals surface area contributed by atoms with Crippen molar-refractivity contribution in [1.82, 2.24) is 0 Å². The van der Waals surface area contributed by atoms with Gasteiger partial charge >= 0.3 is 0 Å². The zero-order chi connectivity index (χ0) is 15.5. The van der Waals surface area contributed by atoms with Crippen LogP contribution in [0.25, 0.3) is 6.08 Å². The Bertz CT molecular complexity index is 572. The summed E-state index contributed by atoms with van der Waals surface area (Å²) in [6.07, 6.45) is 7.28. The molecule has 0 fully saturated rings. The Hall–Kier alpha value is -2.03. The zero-order valence-corrected chi connectivity index (χ0v) is 13.1. The molecule has 0 radical (unpaired) electrons. The molecule has 112 valence electrons. The van der Waals surface area contributed by atoms with E-state index in [0.29, 0.717) is 6.42 Å². The van der Waals surface area contributed by atoms with Gasteiger partial charge in [-0.25, -0.2) is 0 Å². The van der Waals surface area contributed by atoms with Crippen LogP contribution in [0, 0.1) is 5.41 Å². The van der Waals surface area contributed by atoms with Crippen LogP contribution in [0.15, 0.2) is 35.9 Å². The summed E-state index contributed by atoms with van der Waals surface area (Å²) < 4.78 is 10.5. The van der Waals surface area contributed by atoms with E-state index in [0.717, 1.165) is 29.1 Å². The van der Waals surface area contributed by atoms with Crippen LogP contribution in [0.4, 0.5) is 0 Å². The smallest absolute Gasteiger partial charge is 0.156 e. The summed E-state index contributed by atoms with van der Waals surface area (Å²) in [6.45, 7) is 4.25. The summed E-state index contributed by atoms with van der Waals surface area (Å²) in [4.78, 5) is 11.8. The van der Waals surface area contributed by atoms with Crippen molar-refractivity contribution >= 4 is 11.9 Å². The number of benzene rings is 1. The van der Waals surface area contributed by atoms with E-state index in [1.165, 1.54) is 0 Å². The van der Waals surface area contributed by atoms with E-state index in [1.54, 1.807) is 20.3 Å². The molecule has 0 aromatic heterocycles. The molecule has 0 saturated carbocycles. The molecule has 0 amide bonds. The maximum atomic E-state index is 11.8. The van der Waals surface area contributed by atoms with Crippen molar-refractivity contribution in [3.05, 3.63) is 41.5 Å². The third-order valence-electron chi connectivity index (χ3n) is 3.55. The third-order valence-corrected chi connectivity index (χ3v) is 3.55. The summed E-state index contributed by atoms with van der Waals surface area (Å²) in [6, 6.07) is 5.72. The average Bonchev–Trinajstić information content (AvgIpc) is 2.42. The standard InChI is InChI=1S/C18H22O3/c1-18(2)11-14(7-15(19)12-18)6-5-13-8-16(20-3)10-17(9-13)21-4/h5-10H,11-12H2,1-4H3/b6-5+. The van der Waals surface area contributed by atoms with Gasteiger partial charge in [0.15, 0.2) is 5.78 Å². The van der Waals surface area contributed by atoms with E-state index in [2.05, 4.69) is 13.8 Å².